The van der Waals surface area contributed by atoms with E-state index in [-0.39, 0.29) is 29.2 Å². The minimum atomic E-state index is -3.05. The van der Waals surface area contributed by atoms with Gasteiger partial charge in [0.1, 0.15) is 0 Å². The summed E-state index contributed by atoms with van der Waals surface area (Å²) in [6.45, 7) is 2.34. The first-order chi connectivity index (χ1) is 14.5. The molecule has 3 aromatic rings. The van der Waals surface area contributed by atoms with Gasteiger partial charge in [-0.25, -0.2) is 8.42 Å². The largest absolute Gasteiger partial charge is 0.461 e. The quantitative estimate of drug-likeness (QED) is 0.515. The highest BCUT2D eigenvalue weighted by molar-refractivity contribution is 7.99. The number of hydrogen-bond donors (Lipinski definition) is 0. The van der Waals surface area contributed by atoms with E-state index >= 15 is 0 Å². The molecule has 8 nitrogen and oxygen atoms in total. The van der Waals surface area contributed by atoms with Gasteiger partial charge in [0.25, 0.3) is 0 Å². The highest BCUT2D eigenvalue weighted by atomic mass is 32.2. The van der Waals surface area contributed by atoms with Crippen LogP contribution in [0.3, 0.4) is 0 Å². The van der Waals surface area contributed by atoms with Crippen molar-refractivity contribution in [1.29, 1.82) is 0 Å². The van der Waals surface area contributed by atoms with Gasteiger partial charge in [0, 0.05) is 18.3 Å². The molecule has 0 spiro atoms. The Labute approximate surface area is 179 Å². The molecule has 0 saturated carbocycles. The van der Waals surface area contributed by atoms with Gasteiger partial charge in [-0.15, -0.1) is 10.2 Å². The third-order valence-electron chi connectivity index (χ3n) is 5.02. The number of para-hydroxylation sites is 1. The van der Waals surface area contributed by atoms with Crippen molar-refractivity contribution >= 4 is 27.5 Å². The molecule has 1 saturated heterocycles. The fraction of sp³-hybridized carbons (Fsp3) is 0.350. The summed E-state index contributed by atoms with van der Waals surface area (Å²) >= 11 is 1.28. The van der Waals surface area contributed by atoms with Crippen LogP contribution in [0.5, 0.6) is 0 Å². The normalized spacial score (nSPS) is 17.8. The predicted octanol–water partition coefficient (Wildman–Crippen LogP) is 2.66. The molecular formula is C20H22N4O4S2. The zero-order valence-electron chi connectivity index (χ0n) is 16.5. The van der Waals surface area contributed by atoms with Crippen LogP contribution in [-0.2, 0) is 14.6 Å². The third-order valence-corrected chi connectivity index (χ3v) is 7.69. The minimum Gasteiger partial charge on any atom is -0.461 e. The molecule has 1 fully saturated rings. The number of carbonyl (C=O) groups is 1. The first kappa shape index (κ1) is 20.7. The Morgan fingerprint density at radius 2 is 2.03 bits per heavy atom. The zero-order valence-corrected chi connectivity index (χ0v) is 18.1. The number of rotatable bonds is 7. The first-order valence-electron chi connectivity index (χ1n) is 9.66. The van der Waals surface area contributed by atoms with Crippen molar-refractivity contribution in [2.75, 3.05) is 23.8 Å². The smallest absolute Gasteiger partial charge is 0.233 e. The molecule has 2 aromatic heterocycles. The van der Waals surface area contributed by atoms with Gasteiger partial charge in [-0.05, 0) is 37.6 Å². The molecule has 1 aliphatic rings. The molecule has 4 rings (SSSR count). The molecule has 30 heavy (non-hydrogen) atoms. The van der Waals surface area contributed by atoms with Crippen molar-refractivity contribution in [3.63, 3.8) is 0 Å². The van der Waals surface area contributed by atoms with Crippen molar-refractivity contribution in [3.8, 4) is 17.3 Å². The van der Waals surface area contributed by atoms with E-state index in [9.17, 15) is 13.2 Å². The average Bonchev–Trinajstić information content (AvgIpc) is 3.47. The topological polar surface area (TPSA) is 98.3 Å². The molecule has 3 heterocycles. The molecule has 1 aliphatic heterocycles. The van der Waals surface area contributed by atoms with Gasteiger partial charge in [0.05, 0.1) is 23.5 Å². The van der Waals surface area contributed by atoms with Crippen LogP contribution in [0.25, 0.3) is 17.3 Å². The molecular weight excluding hydrogens is 424 g/mol. The van der Waals surface area contributed by atoms with Crippen LogP contribution in [0.1, 0.15) is 13.3 Å². The van der Waals surface area contributed by atoms with Crippen LogP contribution in [0.4, 0.5) is 0 Å². The van der Waals surface area contributed by atoms with E-state index in [0.29, 0.717) is 29.7 Å². The van der Waals surface area contributed by atoms with E-state index in [0.717, 1.165) is 5.69 Å². The van der Waals surface area contributed by atoms with Gasteiger partial charge in [0.15, 0.2) is 20.8 Å². The van der Waals surface area contributed by atoms with Gasteiger partial charge in [-0.3, -0.25) is 9.36 Å². The summed E-state index contributed by atoms with van der Waals surface area (Å²) in [6, 6.07) is 13.0. The molecule has 158 valence electrons. The molecule has 0 aliphatic carbocycles. The van der Waals surface area contributed by atoms with Crippen molar-refractivity contribution in [1.82, 2.24) is 19.7 Å². The monoisotopic (exact) mass is 446 g/mol. The second kappa shape index (κ2) is 8.65. The summed E-state index contributed by atoms with van der Waals surface area (Å²) < 4.78 is 31.0. The van der Waals surface area contributed by atoms with Crippen LogP contribution >= 0.6 is 11.8 Å². The highest BCUT2D eigenvalue weighted by Gasteiger charge is 2.34. The Balaban J connectivity index is 1.55. The summed E-state index contributed by atoms with van der Waals surface area (Å²) in [4.78, 5) is 14.5. The maximum atomic E-state index is 12.9. The Hall–Kier alpha value is -2.59. The van der Waals surface area contributed by atoms with Crippen molar-refractivity contribution in [2.24, 2.45) is 0 Å². The number of thioether (sulfide) groups is 1. The van der Waals surface area contributed by atoms with Crippen molar-refractivity contribution in [3.05, 3.63) is 48.7 Å². The van der Waals surface area contributed by atoms with E-state index in [4.69, 9.17) is 4.42 Å². The molecule has 1 amide bonds. The molecule has 10 heteroatoms. The lowest BCUT2D eigenvalue weighted by Crippen LogP contribution is -2.42. The van der Waals surface area contributed by atoms with Crippen LogP contribution in [0.2, 0.25) is 0 Å². The number of aromatic nitrogens is 3. The van der Waals surface area contributed by atoms with E-state index in [1.54, 1.807) is 17.2 Å². The van der Waals surface area contributed by atoms with E-state index in [2.05, 4.69) is 10.2 Å². The number of furan rings is 1. The van der Waals surface area contributed by atoms with Gasteiger partial charge in [0.2, 0.25) is 11.7 Å². The zero-order chi connectivity index (χ0) is 21.1. The summed E-state index contributed by atoms with van der Waals surface area (Å²) in [5, 5.41) is 9.11. The molecule has 0 unspecified atom stereocenters. The molecule has 1 atom stereocenters. The highest BCUT2D eigenvalue weighted by Crippen LogP contribution is 2.28. The van der Waals surface area contributed by atoms with E-state index in [1.165, 1.54) is 11.8 Å². The van der Waals surface area contributed by atoms with Gasteiger partial charge < -0.3 is 9.32 Å². The van der Waals surface area contributed by atoms with E-state index in [1.807, 2.05) is 47.9 Å². The second-order valence-corrected chi connectivity index (χ2v) is 10.2. The lowest BCUT2D eigenvalue weighted by molar-refractivity contribution is -0.129. The molecule has 0 bridgehead atoms. The molecule has 0 N–H and O–H groups in total. The van der Waals surface area contributed by atoms with Gasteiger partial charge >= 0.3 is 0 Å². The predicted molar refractivity (Wildman–Crippen MR) is 114 cm³/mol. The number of amides is 1. The lowest BCUT2D eigenvalue weighted by atomic mass is 10.2. The maximum absolute atomic E-state index is 12.9. The van der Waals surface area contributed by atoms with Crippen LogP contribution in [-0.4, -0.2) is 63.8 Å². The number of sulfone groups is 1. The van der Waals surface area contributed by atoms with Crippen molar-refractivity contribution in [2.45, 2.75) is 24.5 Å². The van der Waals surface area contributed by atoms with E-state index < -0.39 is 9.84 Å². The maximum Gasteiger partial charge on any atom is 0.233 e. The SMILES string of the molecule is CCN(C(=O)CSc1nnc(-c2ccco2)n1-c1ccccc1)[C@H]1CCS(=O)(=O)C1. The van der Waals surface area contributed by atoms with Crippen molar-refractivity contribution < 1.29 is 17.6 Å². The Morgan fingerprint density at radius 1 is 1.23 bits per heavy atom. The van der Waals surface area contributed by atoms with Gasteiger partial charge in [-0.2, -0.15) is 0 Å². The summed E-state index contributed by atoms with van der Waals surface area (Å²) in [7, 11) is -3.05. The fourth-order valence-corrected chi connectivity index (χ4v) is 6.18. The molecule has 1 aromatic carbocycles. The van der Waals surface area contributed by atoms with Crippen LogP contribution < -0.4 is 0 Å². The van der Waals surface area contributed by atoms with Crippen LogP contribution in [0, 0.1) is 0 Å². The number of hydrogen-bond acceptors (Lipinski definition) is 7. The van der Waals surface area contributed by atoms with Gasteiger partial charge in [-0.1, -0.05) is 30.0 Å². The summed E-state index contributed by atoms with van der Waals surface area (Å²) in [6.07, 6.45) is 2.07. The Morgan fingerprint density at radius 3 is 2.67 bits per heavy atom. The number of nitrogens with zero attached hydrogens (tertiary/aromatic N) is 4. The first-order valence-corrected chi connectivity index (χ1v) is 12.5. The molecule has 0 radical (unpaired) electrons. The lowest BCUT2D eigenvalue weighted by Gasteiger charge is -2.26. The third kappa shape index (κ3) is 4.29. The standard InChI is InChI=1S/C20H22N4O4S2/c1-2-23(16-10-12-30(26,27)14-16)18(25)13-29-20-22-21-19(17-9-6-11-28-17)24(20)15-7-4-3-5-8-15/h3-9,11,16H,2,10,12-14H2,1H3/t16-/m0/s1. The second-order valence-electron chi connectivity index (χ2n) is 6.98. The Bertz CT molecular complexity index is 1110. The average molecular weight is 447 g/mol. The number of carbonyl (C=O) groups excluding carboxylic acids is 1. The minimum absolute atomic E-state index is 0.0418. The summed E-state index contributed by atoms with van der Waals surface area (Å²) in [5.74, 6) is 1.36. The summed E-state index contributed by atoms with van der Waals surface area (Å²) in [5.41, 5.74) is 0.859. The fourth-order valence-electron chi connectivity index (χ4n) is 3.61. The Kier molecular flexibility index (Phi) is 5.96. The van der Waals surface area contributed by atoms with Crippen LogP contribution in [0.15, 0.2) is 58.3 Å². The number of benzene rings is 1.